The van der Waals surface area contributed by atoms with Crippen LogP contribution in [-0.4, -0.2) is 30.1 Å². The smallest absolute Gasteiger partial charge is 0.0139 e. The third-order valence-corrected chi connectivity index (χ3v) is 4.41. The van der Waals surface area contributed by atoms with E-state index in [0.29, 0.717) is 6.04 Å². The van der Waals surface area contributed by atoms with E-state index in [1.54, 1.807) is 11.1 Å². The molecule has 1 aliphatic heterocycles. The highest BCUT2D eigenvalue weighted by Gasteiger charge is 2.26. The van der Waals surface area contributed by atoms with Crippen LogP contribution in [0.5, 0.6) is 0 Å². The summed E-state index contributed by atoms with van der Waals surface area (Å²) in [6.45, 7) is 2.40. The molecule has 0 saturated carbocycles. The van der Waals surface area contributed by atoms with Crippen LogP contribution >= 0.6 is 0 Å². The molecule has 1 aromatic rings. The second kappa shape index (κ2) is 4.79. The summed E-state index contributed by atoms with van der Waals surface area (Å²) in [6, 6.07) is 10.1. The molecule has 3 rings (SSSR count). The van der Waals surface area contributed by atoms with E-state index in [0.717, 1.165) is 6.04 Å². The van der Waals surface area contributed by atoms with Crippen LogP contribution < -0.4 is 5.73 Å². The Hall–Kier alpha value is -0.860. The molecule has 92 valence electrons. The lowest BCUT2D eigenvalue weighted by molar-refractivity contribution is 0.141. The summed E-state index contributed by atoms with van der Waals surface area (Å²) >= 11 is 0. The highest BCUT2D eigenvalue weighted by atomic mass is 15.2. The predicted molar refractivity (Wildman–Crippen MR) is 71.0 cm³/mol. The van der Waals surface area contributed by atoms with Gasteiger partial charge in [0, 0.05) is 12.1 Å². The fourth-order valence-electron chi connectivity index (χ4n) is 3.27. The molecule has 2 heteroatoms. The van der Waals surface area contributed by atoms with Gasteiger partial charge in [0.2, 0.25) is 0 Å². The fraction of sp³-hybridized carbons (Fsp3) is 0.600. The number of nitrogens with zero attached hydrogens (tertiary/aromatic N) is 1. The molecular formula is C15H22N2. The number of aryl methyl sites for hydroxylation is 1. The molecule has 1 heterocycles. The number of fused-ring (bicyclic) bond motifs is 1. The molecule has 0 aromatic heterocycles. The summed E-state index contributed by atoms with van der Waals surface area (Å²) in [5.74, 6) is 0. The van der Waals surface area contributed by atoms with E-state index >= 15 is 0 Å². The first-order valence-electron chi connectivity index (χ1n) is 6.89. The van der Waals surface area contributed by atoms with Gasteiger partial charge in [-0.05, 0) is 56.3 Å². The van der Waals surface area contributed by atoms with Crippen LogP contribution in [0.25, 0.3) is 0 Å². The van der Waals surface area contributed by atoms with Crippen molar-refractivity contribution in [2.24, 2.45) is 5.73 Å². The topological polar surface area (TPSA) is 29.3 Å². The summed E-state index contributed by atoms with van der Waals surface area (Å²) in [5, 5.41) is 0. The average Bonchev–Trinajstić information content (AvgIpc) is 2.39. The summed E-state index contributed by atoms with van der Waals surface area (Å²) in [4.78, 5) is 2.67. The van der Waals surface area contributed by atoms with Crippen LogP contribution in [0.1, 0.15) is 30.4 Å². The van der Waals surface area contributed by atoms with Crippen LogP contribution in [0.3, 0.4) is 0 Å². The van der Waals surface area contributed by atoms with Gasteiger partial charge in [0.05, 0.1) is 0 Å². The summed E-state index contributed by atoms with van der Waals surface area (Å²) in [7, 11) is 0. The lowest BCUT2D eigenvalue weighted by atomic mass is 9.86. The van der Waals surface area contributed by atoms with E-state index in [1.165, 1.54) is 45.2 Å². The first-order chi connectivity index (χ1) is 8.33. The maximum absolute atomic E-state index is 5.98. The Morgan fingerprint density at radius 1 is 1.00 bits per heavy atom. The van der Waals surface area contributed by atoms with Crippen molar-refractivity contribution in [3.05, 3.63) is 35.4 Å². The highest BCUT2D eigenvalue weighted by Crippen LogP contribution is 2.26. The number of hydrogen-bond donors (Lipinski definition) is 1. The van der Waals surface area contributed by atoms with Crippen LogP contribution in [0, 0.1) is 0 Å². The molecule has 17 heavy (non-hydrogen) atoms. The van der Waals surface area contributed by atoms with Gasteiger partial charge in [0.1, 0.15) is 0 Å². The molecule has 2 aliphatic rings. The summed E-state index contributed by atoms with van der Waals surface area (Å²) in [6.07, 6.45) is 6.18. The molecule has 1 aliphatic carbocycles. The average molecular weight is 230 g/mol. The zero-order chi connectivity index (χ0) is 11.7. The van der Waals surface area contributed by atoms with Crippen molar-refractivity contribution in [2.45, 2.75) is 44.2 Å². The van der Waals surface area contributed by atoms with Crippen molar-refractivity contribution in [3.63, 3.8) is 0 Å². The molecular weight excluding hydrogens is 208 g/mol. The molecule has 1 saturated heterocycles. The molecule has 1 aromatic carbocycles. The number of benzene rings is 1. The van der Waals surface area contributed by atoms with E-state index in [-0.39, 0.29) is 0 Å². The quantitative estimate of drug-likeness (QED) is 0.799. The normalized spacial score (nSPS) is 26.8. The van der Waals surface area contributed by atoms with Crippen LogP contribution in [0.15, 0.2) is 24.3 Å². The summed E-state index contributed by atoms with van der Waals surface area (Å²) < 4.78 is 0. The first kappa shape index (κ1) is 11.2. The predicted octanol–water partition coefficient (Wildman–Crippen LogP) is 1.97. The zero-order valence-corrected chi connectivity index (χ0v) is 10.4. The number of likely N-dealkylation sites (tertiary alicyclic amines) is 1. The Kier molecular flexibility index (Phi) is 3.17. The molecule has 0 spiro atoms. The van der Waals surface area contributed by atoms with Crippen molar-refractivity contribution < 1.29 is 0 Å². The second-order valence-electron chi connectivity index (χ2n) is 5.54. The Balaban J connectivity index is 1.68. The van der Waals surface area contributed by atoms with Gasteiger partial charge in [-0.25, -0.2) is 0 Å². The van der Waals surface area contributed by atoms with E-state index in [1.807, 2.05) is 0 Å². The lowest BCUT2D eigenvalue weighted by Gasteiger charge is -2.39. The number of rotatable bonds is 1. The van der Waals surface area contributed by atoms with Gasteiger partial charge in [0.25, 0.3) is 0 Å². The minimum absolute atomic E-state index is 0.446. The monoisotopic (exact) mass is 230 g/mol. The van der Waals surface area contributed by atoms with Gasteiger partial charge >= 0.3 is 0 Å². The molecule has 2 nitrogen and oxygen atoms in total. The van der Waals surface area contributed by atoms with E-state index in [9.17, 15) is 0 Å². The van der Waals surface area contributed by atoms with Crippen molar-refractivity contribution in [1.29, 1.82) is 0 Å². The Morgan fingerprint density at radius 3 is 2.47 bits per heavy atom. The third-order valence-electron chi connectivity index (χ3n) is 4.41. The maximum atomic E-state index is 5.98. The molecule has 0 bridgehead atoms. The van der Waals surface area contributed by atoms with E-state index in [2.05, 4.69) is 29.2 Å². The molecule has 1 atom stereocenters. The van der Waals surface area contributed by atoms with Crippen LogP contribution in [-0.2, 0) is 12.8 Å². The second-order valence-corrected chi connectivity index (χ2v) is 5.54. The molecule has 1 unspecified atom stereocenters. The molecule has 1 fully saturated rings. The van der Waals surface area contributed by atoms with Gasteiger partial charge in [-0.2, -0.15) is 0 Å². The minimum atomic E-state index is 0.446. The number of piperidine rings is 1. The van der Waals surface area contributed by atoms with Crippen molar-refractivity contribution >= 4 is 0 Å². The van der Waals surface area contributed by atoms with E-state index < -0.39 is 0 Å². The Bertz CT molecular complexity index is 380. The van der Waals surface area contributed by atoms with Crippen LogP contribution in [0.2, 0.25) is 0 Å². The largest absolute Gasteiger partial charge is 0.328 e. The lowest BCUT2D eigenvalue weighted by Crippen LogP contribution is -2.46. The van der Waals surface area contributed by atoms with Gasteiger partial charge in [-0.1, -0.05) is 24.3 Å². The van der Waals surface area contributed by atoms with Crippen molar-refractivity contribution in [1.82, 2.24) is 4.90 Å². The molecule has 2 N–H and O–H groups in total. The van der Waals surface area contributed by atoms with Gasteiger partial charge in [-0.15, -0.1) is 0 Å². The first-order valence-corrected chi connectivity index (χ1v) is 6.89. The molecule has 0 radical (unpaired) electrons. The summed E-state index contributed by atoms with van der Waals surface area (Å²) in [5.41, 5.74) is 9.11. The maximum Gasteiger partial charge on any atom is 0.0139 e. The minimum Gasteiger partial charge on any atom is -0.328 e. The fourth-order valence-corrected chi connectivity index (χ4v) is 3.27. The zero-order valence-electron chi connectivity index (χ0n) is 10.4. The Morgan fingerprint density at radius 2 is 1.71 bits per heavy atom. The van der Waals surface area contributed by atoms with Crippen molar-refractivity contribution in [2.75, 3.05) is 13.1 Å². The third kappa shape index (κ3) is 2.38. The van der Waals surface area contributed by atoms with Gasteiger partial charge in [0.15, 0.2) is 0 Å². The van der Waals surface area contributed by atoms with Gasteiger partial charge < -0.3 is 5.73 Å². The van der Waals surface area contributed by atoms with Crippen molar-refractivity contribution in [3.8, 4) is 0 Å². The number of nitrogens with two attached hydrogens (primary N) is 1. The number of hydrogen-bond acceptors (Lipinski definition) is 2. The van der Waals surface area contributed by atoms with Gasteiger partial charge in [-0.3, -0.25) is 4.90 Å². The molecule has 0 amide bonds. The van der Waals surface area contributed by atoms with Crippen LogP contribution in [0.4, 0.5) is 0 Å². The van der Waals surface area contributed by atoms with E-state index in [4.69, 9.17) is 5.73 Å². The standard InChI is InChI=1S/C15H22N2/c16-14-7-9-17(10-8-14)15-6-5-12-3-1-2-4-13(12)11-15/h1-4,14-15H,5-11,16H2. The SMILES string of the molecule is NC1CCN(C2CCc3ccccc3C2)CC1. The Labute approximate surface area is 104 Å². The highest BCUT2D eigenvalue weighted by molar-refractivity contribution is 5.30.